The summed E-state index contributed by atoms with van der Waals surface area (Å²) in [6, 6.07) is 5.36. The van der Waals surface area contributed by atoms with Gasteiger partial charge in [0, 0.05) is 5.57 Å². The SMILES string of the molecule is COc1cc(C2=CC(CCC3(F)CCCCC3)CCC3=CC(C4=C(C)OCC(C)=C4C)=CC(C)C=C32)ccc1C(=O)O. The first kappa shape index (κ1) is 30.1. The zero-order valence-electron chi connectivity index (χ0n) is 25.8. The lowest BCUT2D eigenvalue weighted by atomic mass is 9.80. The Morgan fingerprint density at radius 3 is 2.57 bits per heavy atom. The van der Waals surface area contributed by atoms with Crippen molar-refractivity contribution in [1.82, 2.24) is 0 Å². The molecule has 0 bridgehead atoms. The van der Waals surface area contributed by atoms with E-state index in [1.165, 1.54) is 40.5 Å². The van der Waals surface area contributed by atoms with Crippen LogP contribution >= 0.6 is 0 Å². The number of carboxylic acid groups (broad SMARTS) is 1. The number of benzene rings is 1. The van der Waals surface area contributed by atoms with Gasteiger partial charge in [0.15, 0.2) is 0 Å². The van der Waals surface area contributed by atoms with Crippen LogP contribution in [0.1, 0.15) is 101 Å². The van der Waals surface area contributed by atoms with E-state index in [2.05, 4.69) is 52.0 Å². The summed E-state index contributed by atoms with van der Waals surface area (Å²) in [5.74, 6) is 0.665. The second-order valence-corrected chi connectivity index (χ2v) is 12.7. The van der Waals surface area contributed by atoms with Crippen LogP contribution in [0, 0.1) is 11.8 Å². The van der Waals surface area contributed by atoms with Crippen LogP contribution in [0.2, 0.25) is 0 Å². The van der Waals surface area contributed by atoms with Crippen molar-refractivity contribution in [3.63, 3.8) is 0 Å². The molecule has 1 saturated carbocycles. The van der Waals surface area contributed by atoms with Crippen LogP contribution in [0.4, 0.5) is 4.39 Å². The van der Waals surface area contributed by atoms with E-state index in [1.807, 2.05) is 12.1 Å². The maximum absolute atomic E-state index is 15.7. The smallest absolute Gasteiger partial charge is 0.339 e. The summed E-state index contributed by atoms with van der Waals surface area (Å²) < 4.78 is 27.3. The zero-order valence-corrected chi connectivity index (χ0v) is 25.8. The number of allylic oxidation sites excluding steroid dienone is 11. The Hall–Kier alpha value is -3.34. The van der Waals surface area contributed by atoms with Crippen molar-refractivity contribution in [3.05, 3.63) is 92.8 Å². The molecule has 5 rings (SSSR count). The molecule has 0 amide bonds. The quantitative estimate of drug-likeness (QED) is 0.353. The van der Waals surface area contributed by atoms with E-state index in [0.717, 1.165) is 55.4 Å². The van der Waals surface area contributed by atoms with Crippen molar-refractivity contribution in [1.29, 1.82) is 0 Å². The number of hydrogen-bond acceptors (Lipinski definition) is 3. The highest BCUT2D eigenvalue weighted by atomic mass is 19.1. The molecule has 1 heterocycles. The van der Waals surface area contributed by atoms with Crippen molar-refractivity contribution in [2.45, 2.75) is 91.2 Å². The summed E-state index contributed by atoms with van der Waals surface area (Å²) in [5.41, 5.74) is 8.38. The summed E-state index contributed by atoms with van der Waals surface area (Å²) in [7, 11) is 1.51. The minimum atomic E-state index is -1.05. The van der Waals surface area contributed by atoms with Gasteiger partial charge in [0.05, 0.1) is 7.11 Å². The number of hydrogen-bond donors (Lipinski definition) is 1. The van der Waals surface area contributed by atoms with Crippen molar-refractivity contribution < 1.29 is 23.8 Å². The maximum atomic E-state index is 15.7. The van der Waals surface area contributed by atoms with E-state index in [1.54, 1.807) is 6.07 Å². The Bertz CT molecular complexity index is 1430. The largest absolute Gasteiger partial charge is 0.496 e. The summed E-state index contributed by atoms with van der Waals surface area (Å²) >= 11 is 0. The topological polar surface area (TPSA) is 55.8 Å². The molecule has 224 valence electrons. The van der Waals surface area contributed by atoms with E-state index < -0.39 is 11.6 Å². The minimum absolute atomic E-state index is 0.143. The number of fused-ring (bicyclic) bond motifs is 1. The molecule has 42 heavy (non-hydrogen) atoms. The summed E-state index contributed by atoms with van der Waals surface area (Å²) in [5, 5.41) is 9.70. The molecule has 0 aromatic heterocycles. The molecule has 2 atom stereocenters. The van der Waals surface area contributed by atoms with E-state index in [0.29, 0.717) is 31.6 Å². The van der Waals surface area contributed by atoms with Gasteiger partial charge < -0.3 is 14.6 Å². The summed E-state index contributed by atoms with van der Waals surface area (Å²) in [4.78, 5) is 11.8. The molecule has 5 heteroatoms. The third kappa shape index (κ3) is 6.35. The molecule has 4 aliphatic rings. The number of rotatable bonds is 7. The molecule has 4 nitrogen and oxygen atoms in total. The van der Waals surface area contributed by atoms with E-state index in [4.69, 9.17) is 9.47 Å². The van der Waals surface area contributed by atoms with Crippen LogP contribution in [-0.4, -0.2) is 30.5 Å². The van der Waals surface area contributed by atoms with Gasteiger partial charge in [0.2, 0.25) is 0 Å². The normalized spacial score (nSPS) is 24.3. The standard InChI is InChI=1S/C37H45FO4/c1-23-17-30(35-25(3)24(2)22-42-26(35)4)20-28-10-9-27(13-16-37(38)14-7-6-8-15-37)19-33(32(28)18-23)29-11-12-31(36(39)40)34(21-29)41-5/h11-12,17-21,23,27H,6-10,13-16,22H2,1-5H3,(H,39,40). The maximum Gasteiger partial charge on any atom is 0.339 e. The molecule has 0 saturated heterocycles. The average molecular weight is 573 g/mol. The molecule has 1 aliphatic heterocycles. The van der Waals surface area contributed by atoms with Gasteiger partial charge in [0.25, 0.3) is 0 Å². The number of halogens is 1. The Morgan fingerprint density at radius 2 is 1.86 bits per heavy atom. The summed E-state index contributed by atoms with van der Waals surface area (Å²) in [6.45, 7) is 9.21. The Kier molecular flexibility index (Phi) is 8.96. The molecule has 0 spiro atoms. The lowest BCUT2D eigenvalue weighted by Gasteiger charge is -2.30. The number of ether oxygens (including phenoxy) is 2. The van der Waals surface area contributed by atoms with Gasteiger partial charge in [-0.3, -0.25) is 0 Å². The molecular formula is C37H45FO4. The second-order valence-electron chi connectivity index (χ2n) is 12.7. The molecule has 1 aromatic rings. The van der Waals surface area contributed by atoms with Crippen molar-refractivity contribution in [2.75, 3.05) is 13.7 Å². The number of methoxy groups -OCH3 is 1. The van der Waals surface area contributed by atoms with Crippen molar-refractivity contribution in [2.24, 2.45) is 11.8 Å². The number of carboxylic acids is 1. The molecular weight excluding hydrogens is 527 g/mol. The fourth-order valence-electron chi connectivity index (χ4n) is 7.08. The molecule has 1 N–H and O–H groups in total. The Balaban J connectivity index is 1.57. The van der Waals surface area contributed by atoms with Gasteiger partial charge >= 0.3 is 5.97 Å². The highest BCUT2D eigenvalue weighted by Crippen LogP contribution is 2.45. The fraction of sp³-hybridized carbons (Fsp3) is 0.486. The predicted molar refractivity (Wildman–Crippen MR) is 167 cm³/mol. The zero-order chi connectivity index (χ0) is 30.0. The van der Waals surface area contributed by atoms with Crippen molar-refractivity contribution >= 4 is 11.5 Å². The third-order valence-corrected chi connectivity index (χ3v) is 9.64. The predicted octanol–water partition coefficient (Wildman–Crippen LogP) is 9.71. The van der Waals surface area contributed by atoms with Gasteiger partial charge in [-0.1, -0.05) is 56.6 Å². The third-order valence-electron chi connectivity index (χ3n) is 9.64. The second kappa shape index (κ2) is 12.5. The number of alkyl halides is 1. The van der Waals surface area contributed by atoms with Crippen LogP contribution < -0.4 is 4.74 Å². The molecule has 1 fully saturated rings. The van der Waals surface area contributed by atoms with E-state index in [9.17, 15) is 9.90 Å². The van der Waals surface area contributed by atoms with Gasteiger partial charge in [-0.2, -0.15) is 0 Å². The van der Waals surface area contributed by atoms with Crippen LogP contribution in [0.3, 0.4) is 0 Å². The minimum Gasteiger partial charge on any atom is -0.496 e. The monoisotopic (exact) mass is 572 g/mol. The number of carbonyl (C=O) groups is 1. The first-order valence-corrected chi connectivity index (χ1v) is 15.6. The van der Waals surface area contributed by atoms with Gasteiger partial charge in [-0.25, -0.2) is 9.18 Å². The van der Waals surface area contributed by atoms with Crippen LogP contribution in [-0.2, 0) is 4.74 Å². The molecule has 1 aromatic carbocycles. The van der Waals surface area contributed by atoms with E-state index in [-0.39, 0.29) is 17.4 Å². The fourth-order valence-corrected chi connectivity index (χ4v) is 7.08. The van der Waals surface area contributed by atoms with Gasteiger partial charge in [0.1, 0.15) is 29.3 Å². The first-order chi connectivity index (χ1) is 20.1. The van der Waals surface area contributed by atoms with Gasteiger partial charge in [-0.15, -0.1) is 0 Å². The van der Waals surface area contributed by atoms with E-state index >= 15 is 4.39 Å². The van der Waals surface area contributed by atoms with Crippen LogP contribution in [0.25, 0.3) is 5.57 Å². The highest BCUT2D eigenvalue weighted by molar-refractivity contribution is 5.93. The Morgan fingerprint density at radius 1 is 1.10 bits per heavy atom. The first-order valence-electron chi connectivity index (χ1n) is 15.6. The van der Waals surface area contributed by atoms with Crippen LogP contribution in [0.15, 0.2) is 81.7 Å². The van der Waals surface area contributed by atoms with Crippen molar-refractivity contribution in [3.8, 4) is 5.75 Å². The van der Waals surface area contributed by atoms with Crippen LogP contribution in [0.5, 0.6) is 5.75 Å². The molecule has 0 radical (unpaired) electrons. The van der Waals surface area contributed by atoms with Gasteiger partial charge in [-0.05, 0) is 122 Å². The lowest BCUT2D eigenvalue weighted by Crippen LogP contribution is -2.26. The summed E-state index contributed by atoms with van der Waals surface area (Å²) in [6.07, 6.45) is 17.0. The highest BCUT2D eigenvalue weighted by Gasteiger charge is 2.33. The average Bonchev–Trinajstić information content (AvgIpc) is 3.23. The lowest BCUT2D eigenvalue weighted by molar-refractivity contribution is 0.0693. The Labute approximate surface area is 250 Å². The molecule has 2 unspecified atom stereocenters. The molecule has 3 aliphatic carbocycles. The number of aromatic carboxylic acids is 1.